The molecule has 0 unspecified atom stereocenters. The van der Waals surface area contributed by atoms with Crippen LogP contribution in [0.3, 0.4) is 0 Å². The third-order valence-electron chi connectivity index (χ3n) is 2.18. The first-order valence-electron chi connectivity index (χ1n) is 5.30. The van der Waals surface area contributed by atoms with Crippen LogP contribution in [-0.2, 0) is 11.0 Å². The Morgan fingerprint density at radius 3 is 2.31 bits per heavy atom. The van der Waals surface area contributed by atoms with E-state index in [1.807, 2.05) is 51.1 Å². The molecule has 0 aliphatic heterocycles. The van der Waals surface area contributed by atoms with E-state index in [1.165, 1.54) is 0 Å². The van der Waals surface area contributed by atoms with Crippen LogP contribution in [0.5, 0.6) is 0 Å². The minimum absolute atomic E-state index is 0.0683. The molecule has 0 aromatic heterocycles. The Morgan fingerprint density at radius 1 is 1.31 bits per heavy atom. The highest BCUT2D eigenvalue weighted by Gasteiger charge is 2.22. The summed E-state index contributed by atoms with van der Waals surface area (Å²) in [5.41, 5.74) is 1.08. The largest absolute Gasteiger partial charge is 0.242 e. The van der Waals surface area contributed by atoms with E-state index in [2.05, 4.69) is 11.3 Å². The smallest absolute Gasteiger partial charge is 0.0978 e. The average molecular weight is 237 g/mol. The lowest BCUT2D eigenvalue weighted by atomic mass is 10.1. The molecule has 0 heterocycles. The van der Waals surface area contributed by atoms with E-state index in [0.717, 1.165) is 5.56 Å². The first kappa shape index (κ1) is 13.1. The Kier molecular flexibility index (Phi) is 4.44. The minimum atomic E-state index is -1.09. The van der Waals surface area contributed by atoms with Crippen molar-refractivity contribution in [1.82, 2.24) is 4.72 Å². The van der Waals surface area contributed by atoms with E-state index >= 15 is 0 Å². The zero-order chi connectivity index (χ0) is 12.2. The predicted molar refractivity (Wildman–Crippen MR) is 70.4 cm³/mol. The summed E-state index contributed by atoms with van der Waals surface area (Å²) in [5, 5.41) is 0. The first-order chi connectivity index (χ1) is 7.45. The number of rotatable bonds is 4. The number of benzene rings is 1. The second-order valence-corrected chi connectivity index (χ2v) is 6.62. The van der Waals surface area contributed by atoms with Gasteiger partial charge in [0.25, 0.3) is 0 Å². The molecular formula is C13H19NOS. The van der Waals surface area contributed by atoms with Gasteiger partial charge in [0.15, 0.2) is 0 Å². The molecule has 0 radical (unpaired) electrons. The zero-order valence-corrected chi connectivity index (χ0v) is 10.9. The molecule has 0 aliphatic rings. The first-order valence-corrected chi connectivity index (χ1v) is 6.45. The van der Waals surface area contributed by atoms with Crippen LogP contribution in [0, 0.1) is 0 Å². The van der Waals surface area contributed by atoms with Gasteiger partial charge in [0.2, 0.25) is 0 Å². The molecule has 0 amide bonds. The van der Waals surface area contributed by atoms with Crippen LogP contribution in [0.2, 0.25) is 0 Å². The maximum atomic E-state index is 12.0. The van der Waals surface area contributed by atoms with Gasteiger partial charge in [0.1, 0.15) is 0 Å². The van der Waals surface area contributed by atoms with E-state index in [0.29, 0.717) is 0 Å². The van der Waals surface area contributed by atoms with Crippen LogP contribution in [-0.4, -0.2) is 8.96 Å². The molecule has 0 bridgehead atoms. The van der Waals surface area contributed by atoms with Crippen molar-refractivity contribution in [2.24, 2.45) is 0 Å². The standard InChI is InChI=1S/C13H19NOS/c1-5-12(11-9-7-6-8-10-11)14-16(15)13(2,3)4/h5-10,12,14H,1H2,2-4H3/t12-,16-/m0/s1. The fourth-order valence-corrected chi connectivity index (χ4v) is 2.02. The summed E-state index contributed by atoms with van der Waals surface area (Å²) >= 11 is 0. The van der Waals surface area contributed by atoms with Crippen LogP contribution in [0.25, 0.3) is 0 Å². The number of hydrogen-bond donors (Lipinski definition) is 1. The summed E-state index contributed by atoms with van der Waals surface area (Å²) in [4.78, 5) is 0. The van der Waals surface area contributed by atoms with Crippen molar-refractivity contribution in [2.45, 2.75) is 31.6 Å². The summed E-state index contributed by atoms with van der Waals surface area (Å²) < 4.78 is 14.8. The fourth-order valence-electron chi connectivity index (χ4n) is 1.20. The van der Waals surface area contributed by atoms with Crippen molar-refractivity contribution < 1.29 is 4.21 Å². The highest BCUT2D eigenvalue weighted by molar-refractivity contribution is 7.84. The van der Waals surface area contributed by atoms with Gasteiger partial charge in [0, 0.05) is 0 Å². The van der Waals surface area contributed by atoms with Crippen molar-refractivity contribution in [3.63, 3.8) is 0 Å². The molecule has 3 heteroatoms. The van der Waals surface area contributed by atoms with Gasteiger partial charge in [-0.2, -0.15) is 0 Å². The molecule has 88 valence electrons. The molecule has 0 saturated carbocycles. The summed E-state index contributed by atoms with van der Waals surface area (Å²) in [6.07, 6.45) is 1.78. The summed E-state index contributed by atoms with van der Waals surface area (Å²) in [6.45, 7) is 9.61. The van der Waals surface area contributed by atoms with E-state index in [-0.39, 0.29) is 10.8 Å². The second-order valence-electron chi connectivity index (χ2n) is 4.62. The highest BCUT2D eigenvalue weighted by atomic mass is 32.2. The van der Waals surface area contributed by atoms with Crippen LogP contribution in [0.15, 0.2) is 43.0 Å². The van der Waals surface area contributed by atoms with Gasteiger partial charge in [-0.15, -0.1) is 6.58 Å². The maximum absolute atomic E-state index is 12.0. The van der Waals surface area contributed by atoms with Crippen molar-refractivity contribution in [3.8, 4) is 0 Å². The fraction of sp³-hybridized carbons (Fsp3) is 0.385. The third kappa shape index (κ3) is 3.58. The number of hydrogen-bond acceptors (Lipinski definition) is 1. The van der Waals surface area contributed by atoms with Crippen LogP contribution in [0.1, 0.15) is 32.4 Å². The van der Waals surface area contributed by atoms with Gasteiger partial charge in [-0.1, -0.05) is 36.4 Å². The molecule has 1 aromatic rings. The molecule has 16 heavy (non-hydrogen) atoms. The van der Waals surface area contributed by atoms with Gasteiger partial charge in [0.05, 0.1) is 21.8 Å². The predicted octanol–water partition coefficient (Wildman–Crippen LogP) is 2.97. The normalized spacial score (nSPS) is 15.4. The lowest BCUT2D eigenvalue weighted by Crippen LogP contribution is -2.35. The van der Waals surface area contributed by atoms with E-state index in [4.69, 9.17) is 0 Å². The van der Waals surface area contributed by atoms with Crippen LogP contribution < -0.4 is 4.72 Å². The lowest BCUT2D eigenvalue weighted by molar-refractivity contribution is 0.626. The van der Waals surface area contributed by atoms with Crippen LogP contribution in [0.4, 0.5) is 0 Å². The summed E-state index contributed by atoms with van der Waals surface area (Å²) in [7, 11) is -1.09. The minimum Gasteiger partial charge on any atom is -0.242 e. The number of nitrogens with one attached hydrogen (secondary N) is 1. The molecule has 2 atom stereocenters. The molecule has 0 fully saturated rings. The van der Waals surface area contributed by atoms with Gasteiger partial charge in [-0.05, 0) is 26.3 Å². The Morgan fingerprint density at radius 2 is 1.88 bits per heavy atom. The van der Waals surface area contributed by atoms with Crippen LogP contribution >= 0.6 is 0 Å². The maximum Gasteiger partial charge on any atom is 0.0978 e. The average Bonchev–Trinajstić information content (AvgIpc) is 2.25. The Balaban J connectivity index is 2.79. The SMILES string of the molecule is C=C[C@H](N[S@@](=O)C(C)(C)C)c1ccccc1. The molecule has 0 aliphatic carbocycles. The Bertz CT molecular complexity index is 367. The van der Waals surface area contributed by atoms with E-state index in [9.17, 15) is 4.21 Å². The quantitative estimate of drug-likeness (QED) is 0.801. The highest BCUT2D eigenvalue weighted by Crippen LogP contribution is 2.17. The Labute approximate surface area is 100 Å². The summed E-state index contributed by atoms with van der Waals surface area (Å²) in [6, 6.07) is 9.82. The van der Waals surface area contributed by atoms with Gasteiger partial charge in [-0.25, -0.2) is 8.93 Å². The third-order valence-corrected chi connectivity index (χ3v) is 3.76. The van der Waals surface area contributed by atoms with Crippen molar-refractivity contribution in [1.29, 1.82) is 0 Å². The van der Waals surface area contributed by atoms with Gasteiger partial charge in [-0.3, -0.25) is 0 Å². The topological polar surface area (TPSA) is 29.1 Å². The van der Waals surface area contributed by atoms with Crippen molar-refractivity contribution in [2.75, 3.05) is 0 Å². The molecule has 1 rings (SSSR count). The second kappa shape index (κ2) is 5.41. The zero-order valence-electron chi connectivity index (χ0n) is 10.1. The van der Waals surface area contributed by atoms with Gasteiger partial charge >= 0.3 is 0 Å². The lowest BCUT2D eigenvalue weighted by Gasteiger charge is -2.22. The van der Waals surface area contributed by atoms with Gasteiger partial charge < -0.3 is 0 Å². The molecule has 1 N–H and O–H groups in total. The molecular weight excluding hydrogens is 218 g/mol. The summed E-state index contributed by atoms with van der Waals surface area (Å²) in [5.74, 6) is 0. The Hall–Kier alpha value is -0.930. The molecule has 0 spiro atoms. The molecule has 1 aromatic carbocycles. The molecule has 2 nitrogen and oxygen atoms in total. The van der Waals surface area contributed by atoms with Crippen molar-refractivity contribution in [3.05, 3.63) is 48.6 Å². The van der Waals surface area contributed by atoms with E-state index < -0.39 is 11.0 Å². The van der Waals surface area contributed by atoms with Crippen molar-refractivity contribution >= 4 is 11.0 Å². The van der Waals surface area contributed by atoms with E-state index in [1.54, 1.807) is 6.08 Å². The monoisotopic (exact) mass is 237 g/mol. The molecule has 0 saturated heterocycles.